The van der Waals surface area contributed by atoms with E-state index in [1.54, 1.807) is 18.0 Å². The first-order valence-corrected chi connectivity index (χ1v) is 7.90. The molecule has 19 heavy (non-hydrogen) atoms. The van der Waals surface area contributed by atoms with Gasteiger partial charge in [-0.25, -0.2) is 23.5 Å². The Morgan fingerprint density at radius 2 is 2.21 bits per heavy atom. The van der Waals surface area contributed by atoms with Crippen LogP contribution in [0, 0.1) is 6.92 Å². The molecule has 2 aromatic rings. The molecule has 0 aliphatic carbocycles. The monoisotopic (exact) mass is 298 g/mol. The van der Waals surface area contributed by atoms with Crippen molar-refractivity contribution in [3.63, 3.8) is 0 Å². The number of thiazole rings is 1. The number of nitrogens with zero attached hydrogens (tertiary/aromatic N) is 3. The van der Waals surface area contributed by atoms with Crippen molar-refractivity contribution in [2.75, 3.05) is 11.9 Å². The maximum absolute atomic E-state index is 11.5. The summed E-state index contributed by atoms with van der Waals surface area (Å²) in [6.07, 6.45) is 1.54. The Bertz CT molecular complexity index is 682. The summed E-state index contributed by atoms with van der Waals surface area (Å²) in [5, 5.41) is 8.03. The Labute approximate surface area is 116 Å². The topological polar surface area (TPSA) is 89.2 Å². The SMILES string of the molecule is Cc1csc(CN(C)c2ncccc2S(N)(=O)=O)n1. The van der Waals surface area contributed by atoms with E-state index in [0.29, 0.717) is 12.4 Å². The molecule has 8 heteroatoms. The number of primary sulfonamides is 1. The van der Waals surface area contributed by atoms with E-state index in [1.165, 1.54) is 23.6 Å². The van der Waals surface area contributed by atoms with E-state index in [0.717, 1.165) is 10.7 Å². The van der Waals surface area contributed by atoms with Crippen LogP contribution in [0.15, 0.2) is 28.6 Å². The van der Waals surface area contributed by atoms with Crippen molar-refractivity contribution >= 4 is 27.2 Å². The number of aryl methyl sites for hydroxylation is 1. The van der Waals surface area contributed by atoms with Gasteiger partial charge in [0.15, 0.2) is 0 Å². The molecule has 0 aliphatic heterocycles. The van der Waals surface area contributed by atoms with E-state index in [2.05, 4.69) is 9.97 Å². The van der Waals surface area contributed by atoms with E-state index < -0.39 is 10.0 Å². The maximum atomic E-state index is 11.5. The summed E-state index contributed by atoms with van der Waals surface area (Å²) in [4.78, 5) is 10.2. The molecule has 2 heterocycles. The lowest BCUT2D eigenvalue weighted by molar-refractivity contribution is 0.597. The average molecular weight is 298 g/mol. The third-order valence-electron chi connectivity index (χ3n) is 2.46. The minimum atomic E-state index is -3.79. The molecule has 0 saturated carbocycles. The molecule has 102 valence electrons. The molecule has 0 fully saturated rings. The summed E-state index contributed by atoms with van der Waals surface area (Å²) in [6.45, 7) is 2.40. The van der Waals surface area contributed by atoms with E-state index in [9.17, 15) is 8.42 Å². The Morgan fingerprint density at radius 1 is 1.47 bits per heavy atom. The van der Waals surface area contributed by atoms with Crippen molar-refractivity contribution in [2.45, 2.75) is 18.4 Å². The zero-order chi connectivity index (χ0) is 14.0. The van der Waals surface area contributed by atoms with Crippen LogP contribution >= 0.6 is 11.3 Å². The fourth-order valence-electron chi connectivity index (χ4n) is 1.64. The van der Waals surface area contributed by atoms with Crippen LogP contribution in [-0.2, 0) is 16.6 Å². The third kappa shape index (κ3) is 3.28. The third-order valence-corrected chi connectivity index (χ3v) is 4.34. The van der Waals surface area contributed by atoms with Crippen LogP contribution in [-0.4, -0.2) is 25.4 Å². The Morgan fingerprint density at radius 3 is 2.79 bits per heavy atom. The number of aromatic nitrogens is 2. The van der Waals surface area contributed by atoms with Gasteiger partial charge in [0.05, 0.1) is 6.54 Å². The summed E-state index contributed by atoms with van der Waals surface area (Å²) in [5.41, 5.74) is 0.945. The number of anilines is 1. The van der Waals surface area contributed by atoms with Gasteiger partial charge in [-0.15, -0.1) is 11.3 Å². The molecule has 0 saturated heterocycles. The quantitative estimate of drug-likeness (QED) is 0.914. The molecule has 0 atom stereocenters. The van der Waals surface area contributed by atoms with Crippen LogP contribution in [0.3, 0.4) is 0 Å². The highest BCUT2D eigenvalue weighted by atomic mass is 32.2. The van der Waals surface area contributed by atoms with Gasteiger partial charge in [-0.3, -0.25) is 0 Å². The average Bonchev–Trinajstić information content (AvgIpc) is 2.73. The molecule has 0 radical (unpaired) electrons. The van der Waals surface area contributed by atoms with Gasteiger partial charge < -0.3 is 4.90 Å². The molecule has 0 bridgehead atoms. The second kappa shape index (κ2) is 5.24. The summed E-state index contributed by atoms with van der Waals surface area (Å²) in [7, 11) is -2.03. The highest BCUT2D eigenvalue weighted by Crippen LogP contribution is 2.22. The first-order chi connectivity index (χ1) is 8.88. The van der Waals surface area contributed by atoms with Crippen LogP contribution in [0.25, 0.3) is 0 Å². The zero-order valence-corrected chi connectivity index (χ0v) is 12.2. The summed E-state index contributed by atoms with van der Waals surface area (Å²) < 4.78 is 23.0. The number of rotatable bonds is 4. The number of hydrogen-bond donors (Lipinski definition) is 1. The van der Waals surface area contributed by atoms with E-state index in [4.69, 9.17) is 5.14 Å². The Balaban J connectivity index is 2.31. The molecular formula is C11H14N4O2S2. The molecule has 0 amide bonds. The van der Waals surface area contributed by atoms with Crippen molar-refractivity contribution < 1.29 is 8.42 Å². The van der Waals surface area contributed by atoms with Crippen LogP contribution in [0.1, 0.15) is 10.7 Å². The van der Waals surface area contributed by atoms with Gasteiger partial charge in [0, 0.05) is 24.3 Å². The minimum absolute atomic E-state index is 0.0192. The molecule has 0 spiro atoms. The lowest BCUT2D eigenvalue weighted by Gasteiger charge is -2.18. The van der Waals surface area contributed by atoms with Gasteiger partial charge in [-0.05, 0) is 19.1 Å². The zero-order valence-electron chi connectivity index (χ0n) is 10.6. The van der Waals surface area contributed by atoms with Crippen LogP contribution in [0.4, 0.5) is 5.82 Å². The lowest BCUT2D eigenvalue weighted by atomic mass is 10.4. The van der Waals surface area contributed by atoms with E-state index in [-0.39, 0.29) is 4.90 Å². The molecule has 6 nitrogen and oxygen atoms in total. The van der Waals surface area contributed by atoms with Gasteiger partial charge in [-0.2, -0.15) is 0 Å². The summed E-state index contributed by atoms with van der Waals surface area (Å²) in [6, 6.07) is 2.99. The smallest absolute Gasteiger partial charge is 0.241 e. The lowest BCUT2D eigenvalue weighted by Crippen LogP contribution is -2.23. The van der Waals surface area contributed by atoms with Crippen molar-refractivity contribution in [2.24, 2.45) is 5.14 Å². The largest absolute Gasteiger partial charge is 0.352 e. The van der Waals surface area contributed by atoms with Gasteiger partial charge in [0.25, 0.3) is 0 Å². The van der Waals surface area contributed by atoms with E-state index >= 15 is 0 Å². The predicted octanol–water partition coefficient (Wildman–Crippen LogP) is 1.13. The molecular weight excluding hydrogens is 284 g/mol. The predicted molar refractivity (Wildman–Crippen MR) is 74.6 cm³/mol. The van der Waals surface area contributed by atoms with Crippen molar-refractivity contribution in [1.29, 1.82) is 0 Å². The highest BCUT2D eigenvalue weighted by molar-refractivity contribution is 7.89. The standard InChI is InChI=1S/C11H14N4O2S2/c1-8-7-18-10(14-8)6-15(2)11-9(19(12,16)17)4-3-5-13-11/h3-5,7H,6H2,1-2H3,(H2,12,16,17). The molecule has 2 rings (SSSR count). The number of sulfonamides is 1. The first-order valence-electron chi connectivity index (χ1n) is 5.48. The molecule has 0 aromatic carbocycles. The van der Waals surface area contributed by atoms with Crippen LogP contribution < -0.4 is 10.0 Å². The van der Waals surface area contributed by atoms with Crippen LogP contribution in [0.2, 0.25) is 0 Å². The van der Waals surface area contributed by atoms with Crippen molar-refractivity contribution in [3.05, 3.63) is 34.4 Å². The number of pyridine rings is 1. The normalized spacial score (nSPS) is 11.5. The molecule has 2 aromatic heterocycles. The van der Waals surface area contributed by atoms with Crippen molar-refractivity contribution in [1.82, 2.24) is 9.97 Å². The fourth-order valence-corrected chi connectivity index (χ4v) is 3.20. The van der Waals surface area contributed by atoms with Gasteiger partial charge in [0.2, 0.25) is 10.0 Å². The first kappa shape index (κ1) is 13.9. The summed E-state index contributed by atoms with van der Waals surface area (Å²) >= 11 is 1.52. The molecule has 0 unspecified atom stereocenters. The second-order valence-corrected chi connectivity index (χ2v) is 6.58. The molecule has 0 aliphatic rings. The van der Waals surface area contributed by atoms with Gasteiger partial charge >= 0.3 is 0 Å². The minimum Gasteiger partial charge on any atom is -0.352 e. The number of nitrogens with two attached hydrogens (primary N) is 1. The second-order valence-electron chi connectivity index (χ2n) is 4.11. The van der Waals surface area contributed by atoms with Crippen LogP contribution in [0.5, 0.6) is 0 Å². The van der Waals surface area contributed by atoms with Gasteiger partial charge in [0.1, 0.15) is 15.7 Å². The number of hydrogen-bond acceptors (Lipinski definition) is 6. The Hall–Kier alpha value is -1.51. The van der Waals surface area contributed by atoms with Crippen molar-refractivity contribution in [3.8, 4) is 0 Å². The van der Waals surface area contributed by atoms with E-state index in [1.807, 2.05) is 12.3 Å². The maximum Gasteiger partial charge on any atom is 0.241 e. The highest BCUT2D eigenvalue weighted by Gasteiger charge is 2.18. The fraction of sp³-hybridized carbons (Fsp3) is 0.273. The summed E-state index contributed by atoms with van der Waals surface area (Å²) in [5.74, 6) is 0.331. The Kier molecular flexibility index (Phi) is 3.83. The van der Waals surface area contributed by atoms with Gasteiger partial charge in [-0.1, -0.05) is 0 Å². The molecule has 2 N–H and O–H groups in total.